The maximum atomic E-state index is 11.2. The summed E-state index contributed by atoms with van der Waals surface area (Å²) in [6.45, 7) is 7.87. The molecule has 1 unspecified atom stereocenters. The topological polar surface area (TPSA) is 51.7 Å². The molecule has 2 heterocycles. The zero-order valence-electron chi connectivity index (χ0n) is 11.8. The summed E-state index contributed by atoms with van der Waals surface area (Å²) in [4.78, 5) is 18.0. The average Bonchev–Trinajstić information content (AvgIpc) is 2.74. The van der Waals surface area contributed by atoms with Gasteiger partial charge >= 0.3 is 5.97 Å². The summed E-state index contributed by atoms with van der Waals surface area (Å²) in [6, 6.07) is 0. The van der Waals surface area contributed by atoms with Gasteiger partial charge < -0.3 is 14.4 Å². The minimum absolute atomic E-state index is 0.175. The average molecular weight is 284 g/mol. The number of morpholine rings is 1. The van der Waals surface area contributed by atoms with Gasteiger partial charge in [0.15, 0.2) is 5.13 Å². The van der Waals surface area contributed by atoms with E-state index in [1.165, 1.54) is 7.11 Å². The largest absolute Gasteiger partial charge is 0.469 e. The first-order valence-electron chi connectivity index (χ1n) is 6.33. The Bertz CT molecular complexity index is 458. The predicted octanol–water partition coefficient (Wildman–Crippen LogP) is 1.86. The first-order valence-corrected chi connectivity index (χ1v) is 7.21. The second-order valence-electron chi connectivity index (χ2n) is 5.44. The Morgan fingerprint density at radius 2 is 2.42 bits per heavy atom. The molecule has 6 heteroatoms. The molecule has 0 amide bonds. The van der Waals surface area contributed by atoms with Gasteiger partial charge in [-0.3, -0.25) is 4.79 Å². The van der Waals surface area contributed by atoms with Gasteiger partial charge in [-0.2, -0.15) is 0 Å². The van der Waals surface area contributed by atoms with Gasteiger partial charge in [0.2, 0.25) is 0 Å². The molecule has 1 fully saturated rings. The molecule has 1 atom stereocenters. The number of carbonyl (C=O) groups is 1. The third-order valence-electron chi connectivity index (χ3n) is 2.93. The number of thiazole rings is 1. The van der Waals surface area contributed by atoms with Crippen LogP contribution in [0.25, 0.3) is 0 Å². The van der Waals surface area contributed by atoms with Gasteiger partial charge in [-0.25, -0.2) is 4.98 Å². The van der Waals surface area contributed by atoms with Gasteiger partial charge in [0, 0.05) is 18.5 Å². The van der Waals surface area contributed by atoms with Crippen LogP contribution in [0, 0.1) is 0 Å². The Morgan fingerprint density at radius 1 is 1.68 bits per heavy atom. The zero-order valence-corrected chi connectivity index (χ0v) is 12.6. The highest BCUT2D eigenvalue weighted by atomic mass is 32.1. The number of esters is 1. The molecule has 0 saturated carbocycles. The second kappa shape index (κ2) is 5.46. The molecule has 1 saturated heterocycles. The summed E-state index contributed by atoms with van der Waals surface area (Å²) in [5.41, 5.74) is 0.593. The first kappa shape index (κ1) is 14.3. The van der Waals surface area contributed by atoms with Crippen molar-refractivity contribution in [3.63, 3.8) is 0 Å². The van der Waals surface area contributed by atoms with Gasteiger partial charge in [0.25, 0.3) is 0 Å². The Morgan fingerprint density at radius 3 is 3.05 bits per heavy atom. The SMILES string of the molecule is COC(=O)Cc1csc(N2CC(C)OC(C)(C)C2)n1. The molecule has 1 aliphatic heterocycles. The van der Waals surface area contributed by atoms with Crippen LogP contribution in [-0.4, -0.2) is 42.9 Å². The van der Waals surface area contributed by atoms with Crippen LogP contribution in [0.3, 0.4) is 0 Å². The highest BCUT2D eigenvalue weighted by Crippen LogP contribution is 2.28. The van der Waals surface area contributed by atoms with E-state index in [0.717, 1.165) is 23.9 Å². The molecule has 106 valence electrons. The molecule has 5 nitrogen and oxygen atoms in total. The predicted molar refractivity (Wildman–Crippen MR) is 74.7 cm³/mol. The summed E-state index contributed by atoms with van der Waals surface area (Å²) in [5, 5.41) is 2.86. The van der Waals surface area contributed by atoms with Crippen molar-refractivity contribution in [1.29, 1.82) is 0 Å². The lowest BCUT2D eigenvalue weighted by atomic mass is 10.1. The van der Waals surface area contributed by atoms with Gasteiger partial charge in [-0.05, 0) is 20.8 Å². The third-order valence-corrected chi connectivity index (χ3v) is 3.88. The summed E-state index contributed by atoms with van der Waals surface area (Å²) < 4.78 is 10.5. The van der Waals surface area contributed by atoms with Crippen LogP contribution in [0.15, 0.2) is 5.38 Å². The molecule has 1 aliphatic rings. The lowest BCUT2D eigenvalue weighted by Gasteiger charge is -2.41. The van der Waals surface area contributed by atoms with Crippen molar-refractivity contribution in [2.24, 2.45) is 0 Å². The van der Waals surface area contributed by atoms with Crippen molar-refractivity contribution < 1.29 is 14.3 Å². The van der Waals surface area contributed by atoms with Crippen molar-refractivity contribution in [2.75, 3.05) is 25.1 Å². The maximum absolute atomic E-state index is 11.2. The highest BCUT2D eigenvalue weighted by Gasteiger charge is 2.32. The van der Waals surface area contributed by atoms with E-state index in [4.69, 9.17) is 4.74 Å². The van der Waals surface area contributed by atoms with Crippen molar-refractivity contribution in [1.82, 2.24) is 4.98 Å². The third kappa shape index (κ3) is 3.67. The number of hydrogen-bond acceptors (Lipinski definition) is 6. The molecule has 19 heavy (non-hydrogen) atoms. The van der Waals surface area contributed by atoms with Crippen LogP contribution in [0.1, 0.15) is 26.5 Å². The van der Waals surface area contributed by atoms with E-state index in [0.29, 0.717) is 0 Å². The number of methoxy groups -OCH3 is 1. The minimum atomic E-state index is -0.257. The van der Waals surface area contributed by atoms with Crippen LogP contribution in [-0.2, 0) is 20.7 Å². The van der Waals surface area contributed by atoms with Crippen molar-refractivity contribution in [3.8, 4) is 0 Å². The molecule has 0 bridgehead atoms. The fraction of sp³-hybridized carbons (Fsp3) is 0.692. The number of anilines is 1. The zero-order chi connectivity index (χ0) is 14.0. The van der Waals surface area contributed by atoms with Gasteiger partial charge in [0.1, 0.15) is 0 Å². The standard InChI is InChI=1S/C13H20N2O3S/c1-9-6-15(8-13(2,3)18-9)12-14-10(7-19-12)5-11(16)17-4/h7,9H,5-6,8H2,1-4H3. The number of ether oxygens (including phenoxy) is 2. The molecule has 0 aliphatic carbocycles. The lowest BCUT2D eigenvalue weighted by Crippen LogP contribution is -2.52. The van der Waals surface area contributed by atoms with Gasteiger partial charge in [-0.1, -0.05) is 0 Å². The van der Waals surface area contributed by atoms with Crippen LogP contribution in [0.4, 0.5) is 5.13 Å². The molecule has 0 N–H and O–H groups in total. The number of nitrogens with zero attached hydrogens (tertiary/aromatic N) is 2. The van der Waals surface area contributed by atoms with Crippen LogP contribution in [0.5, 0.6) is 0 Å². The van der Waals surface area contributed by atoms with E-state index in [1.54, 1.807) is 11.3 Å². The van der Waals surface area contributed by atoms with Gasteiger partial charge in [-0.15, -0.1) is 11.3 Å². The number of hydrogen-bond donors (Lipinski definition) is 0. The van der Waals surface area contributed by atoms with Gasteiger partial charge in [0.05, 0.1) is 30.9 Å². The maximum Gasteiger partial charge on any atom is 0.311 e. The fourth-order valence-electron chi connectivity index (χ4n) is 2.34. The minimum Gasteiger partial charge on any atom is -0.469 e. The molecule has 2 rings (SSSR count). The summed E-state index contributed by atoms with van der Waals surface area (Å²) in [6.07, 6.45) is 0.410. The first-order chi connectivity index (χ1) is 8.89. The molecule has 0 aromatic carbocycles. The summed E-state index contributed by atoms with van der Waals surface area (Å²) in [5.74, 6) is -0.257. The Labute approximate surface area is 117 Å². The molecule has 0 spiro atoms. The lowest BCUT2D eigenvalue weighted by molar-refractivity contribution is -0.139. The molecular weight excluding hydrogens is 264 g/mol. The monoisotopic (exact) mass is 284 g/mol. The van der Waals surface area contributed by atoms with Crippen molar-refractivity contribution in [2.45, 2.75) is 38.9 Å². The van der Waals surface area contributed by atoms with E-state index >= 15 is 0 Å². The van der Waals surface area contributed by atoms with Crippen LogP contribution < -0.4 is 4.90 Å². The van der Waals surface area contributed by atoms with E-state index in [-0.39, 0.29) is 24.1 Å². The van der Waals surface area contributed by atoms with E-state index in [2.05, 4.69) is 35.4 Å². The van der Waals surface area contributed by atoms with E-state index in [9.17, 15) is 4.79 Å². The Balaban J connectivity index is 2.07. The Kier molecular flexibility index (Phi) is 4.10. The molecule has 0 radical (unpaired) electrons. The molecular formula is C13H20N2O3S. The molecule has 1 aromatic rings. The Hall–Kier alpha value is -1.14. The molecule has 1 aromatic heterocycles. The quantitative estimate of drug-likeness (QED) is 0.793. The van der Waals surface area contributed by atoms with E-state index in [1.807, 2.05) is 5.38 Å². The van der Waals surface area contributed by atoms with E-state index < -0.39 is 0 Å². The van der Waals surface area contributed by atoms with Crippen molar-refractivity contribution >= 4 is 22.4 Å². The smallest absolute Gasteiger partial charge is 0.311 e. The van der Waals surface area contributed by atoms with Crippen LogP contribution in [0.2, 0.25) is 0 Å². The number of rotatable bonds is 3. The fourth-order valence-corrected chi connectivity index (χ4v) is 3.18. The number of carbonyl (C=O) groups excluding carboxylic acids is 1. The summed E-state index contributed by atoms with van der Waals surface area (Å²) in [7, 11) is 1.39. The van der Waals surface area contributed by atoms with Crippen molar-refractivity contribution in [3.05, 3.63) is 11.1 Å². The second-order valence-corrected chi connectivity index (χ2v) is 6.28. The summed E-state index contributed by atoms with van der Waals surface area (Å²) >= 11 is 1.56. The number of aromatic nitrogens is 1. The normalized spacial score (nSPS) is 22.3. The van der Waals surface area contributed by atoms with Crippen LogP contribution >= 0.6 is 11.3 Å². The highest BCUT2D eigenvalue weighted by molar-refractivity contribution is 7.13.